The van der Waals surface area contributed by atoms with Crippen molar-refractivity contribution in [3.05, 3.63) is 0 Å². The van der Waals surface area contributed by atoms with Crippen LogP contribution < -0.4 is 0 Å². The Morgan fingerprint density at radius 3 is 1.60 bits per heavy atom. The van der Waals surface area contributed by atoms with Crippen LogP contribution in [0, 0.1) is 0 Å². The highest BCUT2D eigenvalue weighted by molar-refractivity contribution is 7.80. The molecule has 0 radical (unpaired) electrons. The van der Waals surface area contributed by atoms with Gasteiger partial charge in [0.1, 0.15) is 0 Å². The Hall–Kier alpha value is -0.180. The molecular weight excluding hydrogens is 208 g/mol. The first kappa shape index (κ1) is 14.8. The van der Waals surface area contributed by atoms with E-state index >= 15 is 0 Å². The molecule has 0 saturated carbocycles. The van der Waals surface area contributed by atoms with Crippen molar-refractivity contribution < 1.29 is 9.90 Å². The van der Waals surface area contributed by atoms with Crippen LogP contribution in [-0.4, -0.2) is 16.8 Å². The summed E-state index contributed by atoms with van der Waals surface area (Å²) in [6.07, 6.45) is 11.2. The number of hydrogen-bond acceptors (Lipinski definition) is 2. The fourth-order valence-electron chi connectivity index (χ4n) is 1.63. The molecule has 0 aromatic heterocycles. The summed E-state index contributed by atoms with van der Waals surface area (Å²) in [4.78, 5) is 10.2. The zero-order valence-electron chi connectivity index (χ0n) is 9.58. The largest absolute Gasteiger partial charge is 0.481 e. The zero-order valence-corrected chi connectivity index (χ0v) is 10.5. The molecule has 0 spiro atoms. The minimum Gasteiger partial charge on any atom is -0.481 e. The van der Waals surface area contributed by atoms with Gasteiger partial charge in [-0.2, -0.15) is 12.6 Å². The Morgan fingerprint density at radius 1 is 0.800 bits per heavy atom. The molecule has 0 unspecified atom stereocenters. The highest BCUT2D eigenvalue weighted by Crippen LogP contribution is 2.10. The van der Waals surface area contributed by atoms with E-state index in [-0.39, 0.29) is 0 Å². The maximum absolute atomic E-state index is 10.2. The molecule has 0 rings (SSSR count). The standard InChI is InChI=1S/C12H24O2S/c13-12(14)10-8-6-4-2-1-3-5-7-9-11-15/h15H,1-11H2,(H,13,14). The predicted molar refractivity (Wildman–Crippen MR) is 67.7 cm³/mol. The van der Waals surface area contributed by atoms with Crippen molar-refractivity contribution in [2.24, 2.45) is 0 Å². The van der Waals surface area contributed by atoms with Gasteiger partial charge in [-0.05, 0) is 18.6 Å². The van der Waals surface area contributed by atoms with Crippen molar-refractivity contribution in [3.63, 3.8) is 0 Å². The second-order valence-corrected chi connectivity index (χ2v) is 4.50. The highest BCUT2D eigenvalue weighted by atomic mass is 32.1. The lowest BCUT2D eigenvalue weighted by molar-refractivity contribution is -0.137. The summed E-state index contributed by atoms with van der Waals surface area (Å²) in [6.45, 7) is 0. The smallest absolute Gasteiger partial charge is 0.303 e. The van der Waals surface area contributed by atoms with Gasteiger partial charge in [-0.3, -0.25) is 4.79 Å². The van der Waals surface area contributed by atoms with Gasteiger partial charge in [-0.1, -0.05) is 44.9 Å². The molecule has 0 atom stereocenters. The SMILES string of the molecule is O=C(O)CCCCCCCCCCCS. The van der Waals surface area contributed by atoms with Gasteiger partial charge in [0.15, 0.2) is 0 Å². The zero-order chi connectivity index (χ0) is 11.4. The Morgan fingerprint density at radius 2 is 1.20 bits per heavy atom. The van der Waals surface area contributed by atoms with Crippen molar-refractivity contribution >= 4 is 18.6 Å². The first-order chi connectivity index (χ1) is 7.27. The monoisotopic (exact) mass is 232 g/mol. The fraction of sp³-hybridized carbons (Fsp3) is 0.917. The van der Waals surface area contributed by atoms with Crippen molar-refractivity contribution in [2.75, 3.05) is 5.75 Å². The van der Waals surface area contributed by atoms with Gasteiger partial charge in [0.05, 0.1) is 0 Å². The Balaban J connectivity index is 2.89. The van der Waals surface area contributed by atoms with Crippen LogP contribution in [0.3, 0.4) is 0 Å². The van der Waals surface area contributed by atoms with Gasteiger partial charge in [0.25, 0.3) is 0 Å². The summed E-state index contributed by atoms with van der Waals surface area (Å²) in [5.74, 6) is 0.344. The van der Waals surface area contributed by atoms with E-state index in [0.29, 0.717) is 6.42 Å². The van der Waals surface area contributed by atoms with Gasteiger partial charge in [-0.25, -0.2) is 0 Å². The third-order valence-electron chi connectivity index (χ3n) is 2.55. The summed E-state index contributed by atoms with van der Waals surface area (Å²) in [7, 11) is 0. The first-order valence-electron chi connectivity index (χ1n) is 6.10. The van der Waals surface area contributed by atoms with Crippen LogP contribution in [-0.2, 0) is 4.79 Å². The molecule has 15 heavy (non-hydrogen) atoms. The fourth-order valence-corrected chi connectivity index (χ4v) is 1.85. The molecule has 0 heterocycles. The summed E-state index contributed by atoms with van der Waals surface area (Å²) < 4.78 is 0. The maximum atomic E-state index is 10.2. The molecule has 3 heteroatoms. The Labute approximate surface area is 98.9 Å². The lowest BCUT2D eigenvalue weighted by atomic mass is 10.1. The Bertz CT molecular complexity index is 149. The normalized spacial score (nSPS) is 10.5. The third-order valence-corrected chi connectivity index (χ3v) is 2.86. The number of carboxylic acids is 1. The molecule has 0 bridgehead atoms. The predicted octanol–water partition coefficient (Wildman–Crippen LogP) is 3.90. The number of rotatable bonds is 11. The van der Waals surface area contributed by atoms with Crippen LogP contribution in [0.15, 0.2) is 0 Å². The number of unbranched alkanes of at least 4 members (excludes halogenated alkanes) is 8. The number of aliphatic carboxylic acids is 1. The van der Waals surface area contributed by atoms with Gasteiger partial charge in [-0.15, -0.1) is 0 Å². The average Bonchev–Trinajstić information content (AvgIpc) is 2.20. The van der Waals surface area contributed by atoms with E-state index in [1.165, 1.54) is 44.9 Å². The summed E-state index contributed by atoms with van der Waals surface area (Å²) in [5, 5.41) is 8.43. The summed E-state index contributed by atoms with van der Waals surface area (Å²) in [6, 6.07) is 0. The van der Waals surface area contributed by atoms with E-state index in [0.717, 1.165) is 18.6 Å². The molecule has 0 aliphatic rings. The minimum atomic E-state index is -0.665. The number of thiol groups is 1. The first-order valence-corrected chi connectivity index (χ1v) is 6.73. The molecule has 0 aliphatic heterocycles. The van der Waals surface area contributed by atoms with E-state index in [4.69, 9.17) is 5.11 Å². The van der Waals surface area contributed by atoms with E-state index in [9.17, 15) is 4.79 Å². The van der Waals surface area contributed by atoms with Crippen LogP contribution >= 0.6 is 12.6 Å². The molecular formula is C12H24O2S. The number of hydrogen-bond donors (Lipinski definition) is 2. The Kier molecular flexibility index (Phi) is 11.7. The van der Waals surface area contributed by atoms with Gasteiger partial charge in [0.2, 0.25) is 0 Å². The topological polar surface area (TPSA) is 37.3 Å². The maximum Gasteiger partial charge on any atom is 0.303 e. The quantitative estimate of drug-likeness (QED) is 0.419. The molecule has 0 saturated heterocycles. The van der Waals surface area contributed by atoms with Gasteiger partial charge in [0, 0.05) is 6.42 Å². The molecule has 1 N–H and O–H groups in total. The number of carboxylic acid groups (broad SMARTS) is 1. The van der Waals surface area contributed by atoms with Crippen LogP contribution in [0.2, 0.25) is 0 Å². The summed E-state index contributed by atoms with van der Waals surface area (Å²) in [5.41, 5.74) is 0. The minimum absolute atomic E-state index is 0.335. The van der Waals surface area contributed by atoms with Crippen LogP contribution in [0.1, 0.15) is 64.2 Å². The van der Waals surface area contributed by atoms with E-state index < -0.39 is 5.97 Å². The van der Waals surface area contributed by atoms with Crippen molar-refractivity contribution in [2.45, 2.75) is 64.2 Å². The lowest BCUT2D eigenvalue weighted by Gasteiger charge is -2.00. The van der Waals surface area contributed by atoms with Gasteiger partial charge >= 0.3 is 5.97 Å². The number of carbonyl (C=O) groups is 1. The second kappa shape index (κ2) is 11.9. The van der Waals surface area contributed by atoms with E-state index in [2.05, 4.69) is 12.6 Å². The highest BCUT2D eigenvalue weighted by Gasteiger charge is 1.96. The molecule has 0 aromatic carbocycles. The second-order valence-electron chi connectivity index (χ2n) is 4.05. The molecule has 0 fully saturated rings. The van der Waals surface area contributed by atoms with Crippen molar-refractivity contribution in [1.82, 2.24) is 0 Å². The van der Waals surface area contributed by atoms with E-state index in [1.54, 1.807) is 0 Å². The van der Waals surface area contributed by atoms with E-state index in [1.807, 2.05) is 0 Å². The van der Waals surface area contributed by atoms with Crippen LogP contribution in [0.4, 0.5) is 0 Å². The molecule has 0 amide bonds. The van der Waals surface area contributed by atoms with Crippen LogP contribution in [0.25, 0.3) is 0 Å². The molecule has 2 nitrogen and oxygen atoms in total. The van der Waals surface area contributed by atoms with Gasteiger partial charge < -0.3 is 5.11 Å². The summed E-state index contributed by atoms with van der Waals surface area (Å²) >= 11 is 4.17. The average molecular weight is 232 g/mol. The third kappa shape index (κ3) is 13.8. The molecule has 0 aliphatic carbocycles. The molecule has 0 aromatic rings. The van der Waals surface area contributed by atoms with Crippen LogP contribution in [0.5, 0.6) is 0 Å². The lowest BCUT2D eigenvalue weighted by Crippen LogP contribution is -1.93. The molecule has 90 valence electrons. The van der Waals surface area contributed by atoms with Crippen molar-refractivity contribution in [1.29, 1.82) is 0 Å². The van der Waals surface area contributed by atoms with Crippen molar-refractivity contribution in [3.8, 4) is 0 Å².